The van der Waals surface area contributed by atoms with Crippen LogP contribution >= 0.6 is 0 Å². The monoisotopic (exact) mass is 1350 g/mol. The van der Waals surface area contributed by atoms with Crippen LogP contribution in [0.3, 0.4) is 0 Å². The van der Waals surface area contributed by atoms with Crippen LogP contribution in [0.2, 0.25) is 0 Å². The van der Waals surface area contributed by atoms with Crippen LogP contribution in [0, 0.1) is 17.2 Å². The highest BCUT2D eigenvalue weighted by Crippen LogP contribution is 2.21. The van der Waals surface area contributed by atoms with E-state index in [-0.39, 0.29) is 102 Å². The highest BCUT2D eigenvalue weighted by atomic mass is 16.4. The topological polar surface area (TPSA) is 590 Å². The number of aliphatic carboxylic acids is 1. The summed E-state index contributed by atoms with van der Waals surface area (Å²) in [6.07, 6.45) is 2.06. The molecule has 2 heterocycles. The number of nitrogens with one attached hydrogen (secondary N) is 14. The second kappa shape index (κ2) is 42.5. The zero-order valence-electron chi connectivity index (χ0n) is 55.5. The summed E-state index contributed by atoms with van der Waals surface area (Å²) in [4.78, 5) is 200. The molecule has 2 rings (SSSR count). The van der Waals surface area contributed by atoms with E-state index in [2.05, 4.69) is 69.1 Å². The Labute approximate surface area is 552 Å². The van der Waals surface area contributed by atoms with Gasteiger partial charge in [0.05, 0.1) is 12.6 Å². The van der Waals surface area contributed by atoms with Crippen LogP contribution in [0.25, 0.3) is 0 Å². The Hall–Kier alpha value is -8.80. The lowest BCUT2D eigenvalue weighted by Crippen LogP contribution is -2.60. The molecule has 0 spiro atoms. The molecule has 0 aromatic heterocycles. The second-order valence-electron chi connectivity index (χ2n) is 24.5. The molecule has 2 saturated heterocycles. The van der Waals surface area contributed by atoms with Crippen molar-refractivity contribution in [2.45, 2.75) is 224 Å². The Morgan fingerprint density at radius 1 is 0.484 bits per heavy atom. The molecule has 0 aromatic carbocycles. The molecule has 12 atom stereocenters. The van der Waals surface area contributed by atoms with Gasteiger partial charge in [-0.1, -0.05) is 27.7 Å². The number of nitrogens with zero attached hydrogens (tertiary/aromatic N) is 1. The van der Waals surface area contributed by atoms with Crippen molar-refractivity contribution in [3.05, 3.63) is 0 Å². The second-order valence-corrected chi connectivity index (χ2v) is 24.5. The highest BCUT2D eigenvalue weighted by molar-refractivity contribution is 5.99. The van der Waals surface area contributed by atoms with Crippen LogP contribution in [-0.2, 0) is 71.9 Å². The van der Waals surface area contributed by atoms with Crippen molar-refractivity contribution in [3.63, 3.8) is 0 Å². The van der Waals surface area contributed by atoms with Crippen LogP contribution in [0.15, 0.2) is 0 Å². The van der Waals surface area contributed by atoms with Crippen molar-refractivity contribution in [3.8, 4) is 0 Å². The number of primary amides is 2. The van der Waals surface area contributed by atoms with E-state index in [1.54, 1.807) is 27.7 Å². The SMILES string of the molecule is CC(C)[C@H](NC(=O)[C@@H]1CCCN1)C(=O)NCC(=O)N[C@@H](CCC(N)=O)C(=O)N[C@@H](C)C(=O)N[C@@H](CCCCN)C(=O)N1CCC[C@H]1C(=O)N[C@@H](CCCNC(=N)N)C(=O)N[C@@H](CCCCN)C(=O)N[C@H](C(=O)N[C@@H](C)C(=O)N[C@@H](C)C(=O)N[C@@H](CCC(N)=O)C(=O)O)C(C)C. The number of carboxylic acid groups (broad SMARTS) is 1. The Balaban J connectivity index is 2.30. The maximum absolute atomic E-state index is 14.6. The molecule has 2 fully saturated rings. The van der Waals surface area contributed by atoms with Crippen molar-refractivity contribution >= 4 is 94.6 Å². The standard InChI is InChI=1S/C59H104N20O16/c1-30(2)45(77-50(86)35-17-12-26-66-35)55(91)68-29-44(82)72-38(20-22-42(62)80)51(87)70-34(7)48(84)75-39(16-9-11-25-61)57(93)79-28-14-19-41(79)54(90)74-37(18-13-27-67-59(64)65)52(88)73-36(15-8-10-24-60)53(89)78-46(31(3)4)56(92)71-32(5)47(83)69-33(6)49(85)76-40(58(94)95)21-23-43(63)81/h30-41,45-46,66H,8-29,60-61H2,1-7H3,(H2,62,80)(H2,63,81)(H,68,91)(H,69,83)(H,70,87)(H,71,92)(H,72,82)(H,73,88)(H,74,90)(H,75,84)(H,76,85)(H,77,86)(H,78,89)(H,94,95)(H4,64,65,67)/t32-,33-,34-,35-,36-,37-,38-,39-,40-,41-,45-,46-/m0/s1. The predicted octanol–water partition coefficient (Wildman–Crippen LogP) is -6.80. The fourth-order valence-electron chi connectivity index (χ4n) is 10.2. The summed E-state index contributed by atoms with van der Waals surface area (Å²) in [7, 11) is 0. The smallest absolute Gasteiger partial charge is 0.326 e. The summed E-state index contributed by atoms with van der Waals surface area (Å²) in [5.41, 5.74) is 27.5. The zero-order chi connectivity index (χ0) is 71.6. The van der Waals surface area contributed by atoms with Gasteiger partial charge in [0.1, 0.15) is 66.5 Å². The largest absolute Gasteiger partial charge is 0.480 e. The first-order chi connectivity index (χ1) is 44.7. The first-order valence-corrected chi connectivity index (χ1v) is 32.3. The molecule has 0 saturated carbocycles. The maximum atomic E-state index is 14.6. The number of rotatable bonds is 44. The molecular weight excluding hydrogens is 1240 g/mol. The van der Waals surface area contributed by atoms with Gasteiger partial charge in [-0.05, 0) is 142 Å². The van der Waals surface area contributed by atoms with E-state index in [1.165, 1.54) is 25.7 Å². The number of hydrogen-bond donors (Lipinski definition) is 20. The third-order valence-electron chi connectivity index (χ3n) is 15.8. The summed E-state index contributed by atoms with van der Waals surface area (Å²) < 4.78 is 0. The number of nitrogens with two attached hydrogens (primary N) is 5. The van der Waals surface area contributed by atoms with E-state index >= 15 is 0 Å². The molecule has 0 aliphatic carbocycles. The summed E-state index contributed by atoms with van der Waals surface area (Å²) in [5.74, 6) is -13.8. The summed E-state index contributed by atoms with van der Waals surface area (Å²) in [6.45, 7) is 11.1. The van der Waals surface area contributed by atoms with Crippen LogP contribution in [0.4, 0.5) is 0 Å². The lowest BCUT2D eigenvalue weighted by Gasteiger charge is -2.31. The number of guanidine groups is 1. The fraction of sp³-hybridized carbons (Fsp3) is 0.729. The lowest BCUT2D eigenvalue weighted by molar-refractivity contribution is -0.143. The fourth-order valence-corrected chi connectivity index (χ4v) is 10.2. The van der Waals surface area contributed by atoms with E-state index in [9.17, 15) is 77.0 Å². The highest BCUT2D eigenvalue weighted by Gasteiger charge is 2.41. The molecule has 36 nitrogen and oxygen atoms in total. The first-order valence-electron chi connectivity index (χ1n) is 32.3. The van der Waals surface area contributed by atoms with E-state index in [0.29, 0.717) is 45.1 Å². The van der Waals surface area contributed by atoms with Gasteiger partial charge in [-0.25, -0.2) is 4.79 Å². The maximum Gasteiger partial charge on any atom is 0.326 e. The lowest BCUT2D eigenvalue weighted by atomic mass is 10.0. The third kappa shape index (κ3) is 30.0. The van der Waals surface area contributed by atoms with Crippen molar-refractivity contribution in [1.29, 1.82) is 5.41 Å². The van der Waals surface area contributed by atoms with Gasteiger partial charge in [0, 0.05) is 25.9 Å². The van der Waals surface area contributed by atoms with Gasteiger partial charge in [0.15, 0.2) is 5.96 Å². The van der Waals surface area contributed by atoms with Crippen molar-refractivity contribution in [1.82, 2.24) is 74.0 Å². The minimum atomic E-state index is -1.49. The van der Waals surface area contributed by atoms with Crippen LogP contribution in [0.1, 0.15) is 151 Å². The van der Waals surface area contributed by atoms with E-state index in [0.717, 1.165) is 6.42 Å². The Kier molecular flexibility index (Phi) is 36.8. The van der Waals surface area contributed by atoms with Crippen molar-refractivity contribution < 1.29 is 77.0 Å². The molecule has 2 aliphatic rings. The molecule has 0 aromatic rings. The van der Waals surface area contributed by atoms with Crippen LogP contribution in [0.5, 0.6) is 0 Å². The number of hydrogen-bond acceptors (Lipinski definition) is 19. The average Bonchev–Trinajstić information content (AvgIpc) is 1.75. The van der Waals surface area contributed by atoms with Gasteiger partial charge in [-0.3, -0.25) is 72.5 Å². The van der Waals surface area contributed by atoms with Gasteiger partial charge in [0.25, 0.3) is 0 Å². The number of amides is 14. The van der Waals surface area contributed by atoms with Gasteiger partial charge in [0.2, 0.25) is 82.7 Å². The predicted molar refractivity (Wildman–Crippen MR) is 344 cm³/mol. The van der Waals surface area contributed by atoms with Gasteiger partial charge < -0.3 is 108 Å². The van der Waals surface area contributed by atoms with E-state index in [1.807, 2.05) is 0 Å². The number of unbranched alkanes of at least 4 members (excludes halogenated alkanes) is 2. The summed E-state index contributed by atoms with van der Waals surface area (Å²) >= 11 is 0. The number of carbonyl (C=O) groups excluding carboxylic acids is 14. The summed E-state index contributed by atoms with van der Waals surface area (Å²) in [5, 5.41) is 50.7. The third-order valence-corrected chi connectivity index (χ3v) is 15.8. The molecule has 536 valence electrons. The van der Waals surface area contributed by atoms with Crippen molar-refractivity contribution in [2.24, 2.45) is 40.5 Å². The molecule has 0 unspecified atom stereocenters. The normalized spacial score (nSPS) is 17.4. The molecule has 0 bridgehead atoms. The van der Waals surface area contributed by atoms with Gasteiger partial charge >= 0.3 is 5.97 Å². The first kappa shape index (κ1) is 82.3. The number of carboxylic acids is 1. The van der Waals surface area contributed by atoms with Gasteiger partial charge in [-0.15, -0.1) is 0 Å². The molecular formula is C59H104N20O16. The molecule has 14 amide bonds. The number of carbonyl (C=O) groups is 15. The molecule has 25 N–H and O–H groups in total. The van der Waals surface area contributed by atoms with E-state index < -0.39 is 168 Å². The van der Waals surface area contributed by atoms with Crippen LogP contribution < -0.4 is 97.8 Å². The average molecular weight is 1350 g/mol. The van der Waals surface area contributed by atoms with Gasteiger partial charge in [-0.2, -0.15) is 0 Å². The van der Waals surface area contributed by atoms with E-state index in [4.69, 9.17) is 34.1 Å². The zero-order valence-corrected chi connectivity index (χ0v) is 55.5. The Morgan fingerprint density at radius 2 is 0.947 bits per heavy atom. The molecule has 0 radical (unpaired) electrons. The summed E-state index contributed by atoms with van der Waals surface area (Å²) in [6, 6.07) is -14.9. The van der Waals surface area contributed by atoms with Crippen LogP contribution in [-0.4, -0.2) is 216 Å². The quantitative estimate of drug-likeness (QED) is 0.0153. The Morgan fingerprint density at radius 3 is 1.47 bits per heavy atom. The Bertz CT molecular complexity index is 2680. The molecule has 95 heavy (non-hydrogen) atoms. The van der Waals surface area contributed by atoms with Crippen molar-refractivity contribution in [2.75, 3.05) is 39.3 Å². The molecule has 2 aliphatic heterocycles. The minimum absolute atomic E-state index is 0.00275. The minimum Gasteiger partial charge on any atom is -0.480 e. The molecule has 36 heteroatoms. The number of likely N-dealkylation sites (tertiary alicyclic amines) is 1.